The standard InChI is InChI=1S/C13H17BrN2O2/c1-8(2)9-5-11(6-9)15-10-3-4-13(16(17)18)12(14)7-10/h3-4,7-9,11,15H,5-6H2,1-2H3. The SMILES string of the molecule is CC(C)C1CC(Nc2ccc([N+](=O)[O-])c(Br)c2)C1. The largest absolute Gasteiger partial charge is 0.382 e. The van der Waals surface area contributed by atoms with Gasteiger partial charge in [-0.15, -0.1) is 0 Å². The molecule has 1 N–H and O–H groups in total. The van der Waals surface area contributed by atoms with Crippen molar-refractivity contribution in [3.8, 4) is 0 Å². The number of anilines is 1. The number of nitrogens with zero attached hydrogens (tertiary/aromatic N) is 1. The summed E-state index contributed by atoms with van der Waals surface area (Å²) >= 11 is 3.23. The minimum absolute atomic E-state index is 0.106. The maximum Gasteiger partial charge on any atom is 0.283 e. The Bertz CT molecular complexity index is 456. The van der Waals surface area contributed by atoms with E-state index in [0.717, 1.165) is 17.5 Å². The number of halogens is 1. The molecule has 0 bridgehead atoms. The Morgan fingerprint density at radius 3 is 2.61 bits per heavy atom. The number of rotatable bonds is 4. The lowest BCUT2D eigenvalue weighted by Gasteiger charge is -2.39. The summed E-state index contributed by atoms with van der Waals surface area (Å²) in [7, 11) is 0. The molecular formula is C13H17BrN2O2. The molecule has 0 saturated heterocycles. The molecule has 1 aliphatic carbocycles. The van der Waals surface area contributed by atoms with Gasteiger partial charge in [-0.05, 0) is 52.7 Å². The zero-order chi connectivity index (χ0) is 13.3. The van der Waals surface area contributed by atoms with E-state index in [9.17, 15) is 10.1 Å². The van der Waals surface area contributed by atoms with Crippen molar-refractivity contribution in [3.63, 3.8) is 0 Å². The predicted molar refractivity (Wildman–Crippen MR) is 75.8 cm³/mol. The molecule has 0 radical (unpaired) electrons. The van der Waals surface area contributed by atoms with Crippen LogP contribution in [0, 0.1) is 22.0 Å². The predicted octanol–water partition coefficient (Wildman–Crippen LogP) is 4.20. The molecule has 2 rings (SSSR count). The van der Waals surface area contributed by atoms with E-state index >= 15 is 0 Å². The molecule has 1 aliphatic rings. The van der Waals surface area contributed by atoms with E-state index in [1.807, 2.05) is 0 Å². The summed E-state index contributed by atoms with van der Waals surface area (Å²) in [6.45, 7) is 4.51. The van der Waals surface area contributed by atoms with Crippen LogP contribution in [0.15, 0.2) is 22.7 Å². The van der Waals surface area contributed by atoms with Gasteiger partial charge in [-0.3, -0.25) is 10.1 Å². The lowest BCUT2D eigenvalue weighted by Crippen LogP contribution is -2.37. The van der Waals surface area contributed by atoms with E-state index in [-0.39, 0.29) is 10.6 Å². The van der Waals surface area contributed by atoms with Crippen LogP contribution in [0.5, 0.6) is 0 Å². The molecule has 0 amide bonds. The van der Waals surface area contributed by atoms with Crippen LogP contribution in [-0.2, 0) is 0 Å². The van der Waals surface area contributed by atoms with Crippen LogP contribution < -0.4 is 5.32 Å². The first-order chi connectivity index (χ1) is 8.47. The topological polar surface area (TPSA) is 55.2 Å². The molecule has 0 heterocycles. The van der Waals surface area contributed by atoms with E-state index in [1.54, 1.807) is 12.1 Å². The van der Waals surface area contributed by atoms with Crippen molar-refractivity contribution in [2.45, 2.75) is 32.7 Å². The Balaban J connectivity index is 1.96. The van der Waals surface area contributed by atoms with Gasteiger partial charge in [-0.1, -0.05) is 13.8 Å². The third kappa shape index (κ3) is 2.83. The summed E-state index contributed by atoms with van der Waals surface area (Å²) in [6.07, 6.45) is 2.37. The van der Waals surface area contributed by atoms with Gasteiger partial charge in [0.1, 0.15) is 0 Å². The van der Waals surface area contributed by atoms with Gasteiger partial charge in [-0.25, -0.2) is 0 Å². The number of hydrogen-bond donors (Lipinski definition) is 1. The number of nitro benzene ring substituents is 1. The monoisotopic (exact) mass is 312 g/mol. The van der Waals surface area contributed by atoms with Crippen LogP contribution in [0.2, 0.25) is 0 Å². The van der Waals surface area contributed by atoms with Gasteiger partial charge < -0.3 is 5.32 Å². The molecule has 98 valence electrons. The van der Waals surface area contributed by atoms with Gasteiger partial charge in [0.05, 0.1) is 9.40 Å². The second-order valence-corrected chi connectivity index (χ2v) is 6.09. The maximum absolute atomic E-state index is 10.7. The minimum Gasteiger partial charge on any atom is -0.382 e. The van der Waals surface area contributed by atoms with E-state index in [0.29, 0.717) is 10.5 Å². The number of nitrogens with one attached hydrogen (secondary N) is 1. The minimum atomic E-state index is -0.383. The van der Waals surface area contributed by atoms with E-state index < -0.39 is 0 Å². The average Bonchev–Trinajstić information content (AvgIpc) is 2.21. The first-order valence-corrected chi connectivity index (χ1v) is 6.97. The van der Waals surface area contributed by atoms with Crippen molar-refractivity contribution >= 4 is 27.3 Å². The molecule has 0 unspecified atom stereocenters. The van der Waals surface area contributed by atoms with Crippen molar-refractivity contribution in [1.29, 1.82) is 0 Å². The van der Waals surface area contributed by atoms with Gasteiger partial charge in [-0.2, -0.15) is 0 Å². The molecule has 0 aliphatic heterocycles. The highest BCUT2D eigenvalue weighted by atomic mass is 79.9. The molecule has 1 aromatic rings. The number of benzene rings is 1. The number of hydrogen-bond acceptors (Lipinski definition) is 3. The Labute approximate surface area is 115 Å². The quantitative estimate of drug-likeness (QED) is 0.669. The van der Waals surface area contributed by atoms with Crippen LogP contribution >= 0.6 is 15.9 Å². The third-order valence-corrected chi connectivity index (χ3v) is 4.27. The molecule has 0 spiro atoms. The number of nitro groups is 1. The average molecular weight is 313 g/mol. The Morgan fingerprint density at radius 1 is 1.44 bits per heavy atom. The fourth-order valence-electron chi connectivity index (χ4n) is 2.30. The van der Waals surface area contributed by atoms with Gasteiger partial charge >= 0.3 is 0 Å². The van der Waals surface area contributed by atoms with Crippen molar-refractivity contribution in [1.82, 2.24) is 0 Å². The van der Waals surface area contributed by atoms with E-state index in [2.05, 4.69) is 35.1 Å². The fourth-order valence-corrected chi connectivity index (χ4v) is 2.83. The summed E-state index contributed by atoms with van der Waals surface area (Å²) in [6, 6.07) is 5.59. The smallest absolute Gasteiger partial charge is 0.283 e. The van der Waals surface area contributed by atoms with Crippen LogP contribution in [0.3, 0.4) is 0 Å². The van der Waals surface area contributed by atoms with Crippen LogP contribution in [0.1, 0.15) is 26.7 Å². The Kier molecular flexibility index (Phi) is 3.90. The van der Waals surface area contributed by atoms with Gasteiger partial charge in [0, 0.05) is 17.8 Å². The lowest BCUT2D eigenvalue weighted by atomic mass is 9.73. The molecule has 1 saturated carbocycles. The second-order valence-electron chi connectivity index (χ2n) is 5.24. The molecule has 5 heteroatoms. The summed E-state index contributed by atoms with van der Waals surface area (Å²) in [5.41, 5.74) is 1.05. The first-order valence-electron chi connectivity index (χ1n) is 6.18. The lowest BCUT2D eigenvalue weighted by molar-refractivity contribution is -0.385. The fraction of sp³-hybridized carbons (Fsp3) is 0.538. The van der Waals surface area contributed by atoms with Crippen molar-refractivity contribution in [2.24, 2.45) is 11.8 Å². The summed E-state index contributed by atoms with van der Waals surface area (Å²) in [5, 5.41) is 14.1. The Morgan fingerprint density at radius 2 is 2.11 bits per heavy atom. The van der Waals surface area contributed by atoms with E-state index in [4.69, 9.17) is 0 Å². The normalized spacial score (nSPS) is 22.7. The summed E-state index contributed by atoms with van der Waals surface area (Å²) in [4.78, 5) is 10.3. The van der Waals surface area contributed by atoms with Crippen LogP contribution in [0.25, 0.3) is 0 Å². The Hall–Kier alpha value is -1.10. The summed E-state index contributed by atoms with van der Waals surface area (Å²) < 4.78 is 0.525. The first kappa shape index (κ1) is 13.3. The molecule has 0 aromatic heterocycles. The molecule has 1 aromatic carbocycles. The van der Waals surface area contributed by atoms with Gasteiger partial charge in [0.25, 0.3) is 5.69 Å². The van der Waals surface area contributed by atoms with Crippen molar-refractivity contribution < 1.29 is 4.92 Å². The van der Waals surface area contributed by atoms with Gasteiger partial charge in [0.15, 0.2) is 0 Å². The third-order valence-electron chi connectivity index (χ3n) is 3.63. The highest BCUT2D eigenvalue weighted by Crippen LogP contribution is 2.36. The van der Waals surface area contributed by atoms with Crippen LogP contribution in [0.4, 0.5) is 11.4 Å². The zero-order valence-corrected chi connectivity index (χ0v) is 12.1. The maximum atomic E-state index is 10.7. The molecule has 18 heavy (non-hydrogen) atoms. The van der Waals surface area contributed by atoms with E-state index in [1.165, 1.54) is 18.9 Å². The molecule has 1 fully saturated rings. The van der Waals surface area contributed by atoms with Crippen LogP contribution in [-0.4, -0.2) is 11.0 Å². The summed E-state index contributed by atoms with van der Waals surface area (Å²) in [5.74, 6) is 1.55. The van der Waals surface area contributed by atoms with Crippen molar-refractivity contribution in [2.75, 3.05) is 5.32 Å². The van der Waals surface area contributed by atoms with Crippen molar-refractivity contribution in [3.05, 3.63) is 32.8 Å². The molecule has 4 nitrogen and oxygen atoms in total. The highest BCUT2D eigenvalue weighted by Gasteiger charge is 2.31. The van der Waals surface area contributed by atoms with Gasteiger partial charge in [0.2, 0.25) is 0 Å². The zero-order valence-electron chi connectivity index (χ0n) is 10.5. The molecule has 0 atom stereocenters. The highest BCUT2D eigenvalue weighted by molar-refractivity contribution is 9.10. The molecular weight excluding hydrogens is 296 g/mol. The second kappa shape index (κ2) is 5.26.